The Bertz CT molecular complexity index is 152. The minimum absolute atomic E-state index is 0.229. The molecule has 0 unspecified atom stereocenters. The molecule has 1 heterocycles. The highest BCUT2D eigenvalue weighted by Crippen LogP contribution is 2.19. The van der Waals surface area contributed by atoms with Crippen LogP contribution in [-0.2, 0) is 4.74 Å². The zero-order valence-electron chi connectivity index (χ0n) is 4.22. The van der Waals surface area contributed by atoms with Crippen molar-refractivity contribution in [2.75, 3.05) is 0 Å². The third kappa shape index (κ3) is 0.784. The van der Waals surface area contributed by atoms with Crippen LogP contribution in [0.4, 0.5) is 0 Å². The molecule has 0 aromatic carbocycles. The molecule has 4 N–H and O–H groups in total. The van der Waals surface area contributed by atoms with E-state index >= 15 is 0 Å². The SMILES string of the molecule is OC1=COC(O)(O)N1O. The van der Waals surface area contributed by atoms with E-state index in [9.17, 15) is 0 Å². The molecule has 0 saturated heterocycles. The van der Waals surface area contributed by atoms with E-state index in [-0.39, 0.29) is 5.06 Å². The first kappa shape index (κ1) is 6.14. The Morgan fingerprint density at radius 1 is 1.56 bits per heavy atom. The number of ether oxygens (including phenoxy) is 1. The van der Waals surface area contributed by atoms with Gasteiger partial charge in [-0.2, -0.15) is 0 Å². The molecule has 0 aromatic heterocycles. The minimum Gasteiger partial charge on any atom is -0.491 e. The zero-order chi connectivity index (χ0) is 7.07. The van der Waals surface area contributed by atoms with E-state index in [2.05, 4.69) is 4.74 Å². The summed E-state index contributed by atoms with van der Waals surface area (Å²) in [6, 6.07) is 0. The van der Waals surface area contributed by atoms with Crippen molar-refractivity contribution in [2.45, 2.75) is 6.10 Å². The third-order valence-electron chi connectivity index (χ3n) is 0.815. The smallest absolute Gasteiger partial charge is 0.444 e. The Balaban J connectivity index is 2.73. The van der Waals surface area contributed by atoms with Crippen LogP contribution in [0.1, 0.15) is 0 Å². The molecule has 0 atom stereocenters. The molecule has 0 aromatic rings. The van der Waals surface area contributed by atoms with Gasteiger partial charge in [-0.25, -0.2) is 0 Å². The van der Waals surface area contributed by atoms with Crippen molar-refractivity contribution >= 4 is 0 Å². The van der Waals surface area contributed by atoms with Crippen LogP contribution in [0.25, 0.3) is 0 Å². The van der Waals surface area contributed by atoms with E-state index < -0.39 is 12.0 Å². The second-order valence-corrected chi connectivity index (χ2v) is 1.48. The lowest BCUT2D eigenvalue weighted by atomic mass is 10.8. The summed E-state index contributed by atoms with van der Waals surface area (Å²) in [6.07, 6.45) is -2.23. The van der Waals surface area contributed by atoms with Crippen molar-refractivity contribution in [2.24, 2.45) is 0 Å². The molecule has 0 spiro atoms. The number of aliphatic hydroxyl groups excluding tert-OH is 1. The predicted molar refractivity (Wildman–Crippen MR) is 22.6 cm³/mol. The van der Waals surface area contributed by atoms with E-state index in [1.165, 1.54) is 0 Å². The molecule has 0 bridgehead atoms. The first-order valence-electron chi connectivity index (χ1n) is 2.05. The fraction of sp³-hybridized carbons (Fsp3) is 0.333. The molecule has 6 heteroatoms. The van der Waals surface area contributed by atoms with Crippen LogP contribution >= 0.6 is 0 Å². The number of hydrogen-bond donors (Lipinski definition) is 4. The van der Waals surface area contributed by atoms with Gasteiger partial charge in [0.15, 0.2) is 6.26 Å². The largest absolute Gasteiger partial charge is 0.491 e. The van der Waals surface area contributed by atoms with Crippen molar-refractivity contribution in [3.8, 4) is 0 Å². The monoisotopic (exact) mass is 135 g/mol. The molecular weight excluding hydrogens is 130 g/mol. The van der Waals surface area contributed by atoms with Crippen LogP contribution < -0.4 is 0 Å². The maximum absolute atomic E-state index is 8.43. The quantitative estimate of drug-likeness (QED) is 0.307. The molecule has 0 fully saturated rings. The average molecular weight is 135 g/mol. The summed E-state index contributed by atoms with van der Waals surface area (Å²) in [6.45, 7) is 0. The fourth-order valence-electron chi connectivity index (χ4n) is 0.381. The van der Waals surface area contributed by atoms with Gasteiger partial charge in [0.25, 0.3) is 5.88 Å². The fourth-order valence-corrected chi connectivity index (χ4v) is 0.381. The molecule has 1 aliphatic rings. The van der Waals surface area contributed by atoms with E-state index in [0.717, 1.165) is 0 Å². The molecule has 1 aliphatic heterocycles. The van der Waals surface area contributed by atoms with Gasteiger partial charge >= 0.3 is 6.10 Å². The maximum atomic E-state index is 8.43. The Morgan fingerprint density at radius 2 is 2.11 bits per heavy atom. The summed E-state index contributed by atoms with van der Waals surface area (Å²) in [5.74, 6) is -0.764. The summed E-state index contributed by atoms with van der Waals surface area (Å²) >= 11 is 0. The Morgan fingerprint density at radius 3 is 2.22 bits per heavy atom. The van der Waals surface area contributed by atoms with Crippen molar-refractivity contribution in [1.29, 1.82) is 0 Å². The Labute approximate surface area is 49.8 Å². The Kier molecular flexibility index (Phi) is 1.02. The van der Waals surface area contributed by atoms with E-state index in [1.54, 1.807) is 0 Å². The lowest BCUT2D eigenvalue weighted by molar-refractivity contribution is -0.436. The number of hydroxylamine groups is 2. The second-order valence-electron chi connectivity index (χ2n) is 1.48. The molecule has 0 aliphatic carbocycles. The van der Waals surface area contributed by atoms with Gasteiger partial charge in [-0.3, -0.25) is 5.21 Å². The standard InChI is InChI=1S/C3H5NO5/c5-2-1-9-3(6,7)4(2)8/h1,5-8H. The lowest BCUT2D eigenvalue weighted by Crippen LogP contribution is -2.43. The van der Waals surface area contributed by atoms with Gasteiger partial charge in [-0.15, -0.1) is 5.06 Å². The molecule has 0 saturated carbocycles. The summed E-state index contributed by atoms with van der Waals surface area (Å²) < 4.78 is 3.94. The number of nitrogens with zero attached hydrogens (tertiary/aromatic N) is 1. The van der Waals surface area contributed by atoms with Crippen molar-refractivity contribution in [3.63, 3.8) is 0 Å². The number of rotatable bonds is 0. The van der Waals surface area contributed by atoms with Gasteiger partial charge in [0.05, 0.1) is 0 Å². The van der Waals surface area contributed by atoms with Crippen LogP contribution in [0.2, 0.25) is 0 Å². The van der Waals surface area contributed by atoms with Crippen molar-refractivity contribution in [1.82, 2.24) is 5.06 Å². The van der Waals surface area contributed by atoms with Gasteiger partial charge in [-0.05, 0) is 0 Å². The predicted octanol–water partition coefficient (Wildman–Crippen LogP) is -1.34. The topological polar surface area (TPSA) is 93.4 Å². The molecular formula is C3H5NO5. The van der Waals surface area contributed by atoms with Crippen LogP contribution in [0, 0.1) is 0 Å². The van der Waals surface area contributed by atoms with E-state index in [4.69, 9.17) is 20.5 Å². The van der Waals surface area contributed by atoms with Gasteiger partial charge in [-0.1, -0.05) is 0 Å². The highest BCUT2D eigenvalue weighted by atomic mass is 16.8. The zero-order valence-corrected chi connectivity index (χ0v) is 4.22. The summed E-state index contributed by atoms with van der Waals surface area (Å²) in [5.41, 5.74) is 0. The highest BCUT2D eigenvalue weighted by molar-refractivity contribution is 4.87. The molecule has 6 nitrogen and oxygen atoms in total. The summed E-state index contributed by atoms with van der Waals surface area (Å²) in [7, 11) is 0. The third-order valence-corrected chi connectivity index (χ3v) is 0.815. The molecule has 0 amide bonds. The summed E-state index contributed by atoms with van der Waals surface area (Å²) in [4.78, 5) is 0. The van der Waals surface area contributed by atoms with Gasteiger partial charge < -0.3 is 20.1 Å². The Hall–Kier alpha value is -0.980. The first-order chi connectivity index (χ1) is 4.04. The normalized spacial score (nSPS) is 23.4. The molecule has 1 rings (SSSR count). The molecule has 52 valence electrons. The van der Waals surface area contributed by atoms with E-state index in [0.29, 0.717) is 6.26 Å². The van der Waals surface area contributed by atoms with Gasteiger partial charge in [0.1, 0.15) is 0 Å². The van der Waals surface area contributed by atoms with E-state index in [1.807, 2.05) is 0 Å². The average Bonchev–Trinajstić information content (AvgIpc) is 1.97. The van der Waals surface area contributed by atoms with Crippen LogP contribution in [0.5, 0.6) is 0 Å². The number of aliphatic hydroxyl groups is 3. The second kappa shape index (κ2) is 1.50. The molecule has 9 heavy (non-hydrogen) atoms. The van der Waals surface area contributed by atoms with Crippen LogP contribution in [0.3, 0.4) is 0 Å². The maximum Gasteiger partial charge on any atom is 0.444 e. The van der Waals surface area contributed by atoms with Gasteiger partial charge in [0.2, 0.25) is 0 Å². The van der Waals surface area contributed by atoms with Gasteiger partial charge in [0, 0.05) is 0 Å². The molecule has 0 radical (unpaired) electrons. The lowest BCUT2D eigenvalue weighted by Gasteiger charge is -2.19. The minimum atomic E-state index is -2.83. The van der Waals surface area contributed by atoms with Crippen molar-refractivity contribution in [3.05, 3.63) is 12.1 Å². The van der Waals surface area contributed by atoms with Crippen LogP contribution in [-0.4, -0.2) is 31.7 Å². The highest BCUT2D eigenvalue weighted by Gasteiger charge is 2.40. The summed E-state index contributed by atoms with van der Waals surface area (Å²) in [5, 5.41) is 33.5. The van der Waals surface area contributed by atoms with Crippen molar-refractivity contribution < 1.29 is 25.3 Å². The number of hydrogen-bond acceptors (Lipinski definition) is 6. The first-order valence-corrected chi connectivity index (χ1v) is 2.05. The van der Waals surface area contributed by atoms with Crippen LogP contribution in [0.15, 0.2) is 12.1 Å².